The molecule has 2 heterocycles. The van der Waals surface area contributed by atoms with Crippen molar-refractivity contribution in [3.05, 3.63) is 24.4 Å². The SMILES string of the molecule is c1cc2oncc2cc1OCC1CCNC1. The van der Waals surface area contributed by atoms with Gasteiger partial charge in [-0.1, -0.05) is 5.16 Å². The fourth-order valence-corrected chi connectivity index (χ4v) is 2.01. The van der Waals surface area contributed by atoms with Crippen LogP contribution in [0.5, 0.6) is 5.75 Å². The Kier molecular flexibility index (Phi) is 2.50. The zero-order valence-electron chi connectivity index (χ0n) is 8.98. The summed E-state index contributed by atoms with van der Waals surface area (Å²) in [7, 11) is 0. The lowest BCUT2D eigenvalue weighted by Gasteiger charge is -2.10. The molecular formula is C12H14N2O2. The first-order valence-electron chi connectivity index (χ1n) is 5.60. The predicted molar refractivity (Wildman–Crippen MR) is 60.5 cm³/mol. The van der Waals surface area contributed by atoms with Gasteiger partial charge in [0, 0.05) is 17.8 Å². The first-order valence-corrected chi connectivity index (χ1v) is 5.60. The van der Waals surface area contributed by atoms with Gasteiger partial charge in [0.25, 0.3) is 0 Å². The van der Waals surface area contributed by atoms with E-state index in [1.165, 1.54) is 6.42 Å². The summed E-state index contributed by atoms with van der Waals surface area (Å²) in [6.07, 6.45) is 2.91. The van der Waals surface area contributed by atoms with Crippen LogP contribution in [0.3, 0.4) is 0 Å². The molecule has 3 rings (SSSR count). The molecule has 1 saturated heterocycles. The van der Waals surface area contributed by atoms with Crippen molar-refractivity contribution >= 4 is 11.0 Å². The van der Waals surface area contributed by atoms with E-state index in [2.05, 4.69) is 10.5 Å². The normalized spacial score (nSPS) is 20.4. The van der Waals surface area contributed by atoms with E-state index >= 15 is 0 Å². The second-order valence-electron chi connectivity index (χ2n) is 4.20. The first-order chi connectivity index (χ1) is 7.92. The highest BCUT2D eigenvalue weighted by molar-refractivity contribution is 5.77. The summed E-state index contributed by atoms with van der Waals surface area (Å²) in [4.78, 5) is 0. The highest BCUT2D eigenvalue weighted by Gasteiger charge is 2.14. The van der Waals surface area contributed by atoms with E-state index in [-0.39, 0.29) is 0 Å². The molecule has 4 nitrogen and oxygen atoms in total. The Morgan fingerprint density at radius 1 is 1.50 bits per heavy atom. The average molecular weight is 218 g/mol. The zero-order valence-corrected chi connectivity index (χ0v) is 8.98. The Morgan fingerprint density at radius 2 is 2.50 bits per heavy atom. The number of benzene rings is 1. The topological polar surface area (TPSA) is 47.3 Å². The van der Waals surface area contributed by atoms with Gasteiger partial charge in [0.15, 0.2) is 5.58 Å². The van der Waals surface area contributed by atoms with E-state index < -0.39 is 0 Å². The number of rotatable bonds is 3. The van der Waals surface area contributed by atoms with Gasteiger partial charge in [-0.05, 0) is 31.2 Å². The largest absolute Gasteiger partial charge is 0.493 e. The second-order valence-corrected chi connectivity index (χ2v) is 4.20. The third-order valence-corrected chi connectivity index (χ3v) is 2.97. The van der Waals surface area contributed by atoms with Gasteiger partial charge < -0.3 is 14.6 Å². The van der Waals surface area contributed by atoms with Gasteiger partial charge in [-0.3, -0.25) is 0 Å². The Morgan fingerprint density at radius 3 is 3.38 bits per heavy atom. The van der Waals surface area contributed by atoms with E-state index in [0.29, 0.717) is 5.92 Å². The maximum Gasteiger partial charge on any atom is 0.167 e. The lowest BCUT2D eigenvalue weighted by atomic mass is 10.1. The van der Waals surface area contributed by atoms with Gasteiger partial charge in [0.1, 0.15) is 5.75 Å². The Labute approximate surface area is 93.6 Å². The number of hydrogen-bond acceptors (Lipinski definition) is 4. The maximum atomic E-state index is 5.76. The van der Waals surface area contributed by atoms with Crippen molar-refractivity contribution in [2.24, 2.45) is 5.92 Å². The number of fused-ring (bicyclic) bond motifs is 1. The fourth-order valence-electron chi connectivity index (χ4n) is 2.01. The molecule has 0 spiro atoms. The summed E-state index contributed by atoms with van der Waals surface area (Å²) in [6.45, 7) is 2.96. The summed E-state index contributed by atoms with van der Waals surface area (Å²) in [5.41, 5.74) is 0.801. The molecule has 1 aliphatic heterocycles. The molecule has 0 saturated carbocycles. The number of nitrogens with zero attached hydrogens (tertiary/aromatic N) is 1. The van der Waals surface area contributed by atoms with Gasteiger partial charge in [-0.15, -0.1) is 0 Å². The predicted octanol–water partition coefficient (Wildman–Crippen LogP) is 1.82. The van der Waals surface area contributed by atoms with Crippen LogP contribution in [0.25, 0.3) is 11.0 Å². The molecule has 1 aromatic heterocycles. The van der Waals surface area contributed by atoms with E-state index in [1.807, 2.05) is 18.2 Å². The van der Waals surface area contributed by atoms with Gasteiger partial charge in [-0.2, -0.15) is 0 Å². The van der Waals surface area contributed by atoms with Gasteiger partial charge in [0.2, 0.25) is 0 Å². The van der Waals surface area contributed by atoms with Crippen molar-refractivity contribution in [3.63, 3.8) is 0 Å². The third-order valence-electron chi connectivity index (χ3n) is 2.97. The van der Waals surface area contributed by atoms with Crippen molar-refractivity contribution in [2.75, 3.05) is 19.7 Å². The summed E-state index contributed by atoms with van der Waals surface area (Å²) < 4.78 is 10.8. The van der Waals surface area contributed by atoms with Gasteiger partial charge >= 0.3 is 0 Å². The van der Waals surface area contributed by atoms with Crippen molar-refractivity contribution in [2.45, 2.75) is 6.42 Å². The molecule has 16 heavy (non-hydrogen) atoms. The van der Waals surface area contributed by atoms with Crippen LogP contribution in [0.4, 0.5) is 0 Å². The molecule has 0 aliphatic carbocycles. The molecule has 0 amide bonds. The molecule has 1 fully saturated rings. The van der Waals surface area contributed by atoms with Crippen LogP contribution in [0, 0.1) is 5.92 Å². The van der Waals surface area contributed by atoms with Crippen LogP contribution in [0.2, 0.25) is 0 Å². The summed E-state index contributed by atoms with van der Waals surface area (Å²) in [5.74, 6) is 1.53. The quantitative estimate of drug-likeness (QED) is 0.853. The fraction of sp³-hybridized carbons (Fsp3) is 0.417. The van der Waals surface area contributed by atoms with Crippen LogP contribution in [-0.2, 0) is 0 Å². The number of nitrogens with one attached hydrogen (secondary N) is 1. The monoisotopic (exact) mass is 218 g/mol. The summed E-state index contributed by atoms with van der Waals surface area (Å²) >= 11 is 0. The molecule has 84 valence electrons. The Bertz CT molecular complexity index is 475. The lowest BCUT2D eigenvalue weighted by molar-refractivity contribution is 0.260. The third kappa shape index (κ3) is 1.88. The second kappa shape index (κ2) is 4.14. The number of hydrogen-bond donors (Lipinski definition) is 1. The summed E-state index contributed by atoms with van der Waals surface area (Å²) in [5, 5.41) is 8.06. The zero-order chi connectivity index (χ0) is 10.8. The first kappa shape index (κ1) is 9.66. The van der Waals surface area contributed by atoms with Crippen LogP contribution in [0.1, 0.15) is 6.42 Å². The smallest absolute Gasteiger partial charge is 0.167 e. The molecule has 0 bridgehead atoms. The molecule has 2 aromatic rings. The van der Waals surface area contributed by atoms with Crippen molar-refractivity contribution in [1.29, 1.82) is 0 Å². The van der Waals surface area contributed by atoms with Crippen LogP contribution in [0.15, 0.2) is 28.9 Å². The van der Waals surface area contributed by atoms with Crippen LogP contribution in [-0.4, -0.2) is 24.9 Å². The highest BCUT2D eigenvalue weighted by atomic mass is 16.5. The highest BCUT2D eigenvalue weighted by Crippen LogP contribution is 2.21. The van der Waals surface area contributed by atoms with Crippen molar-refractivity contribution in [3.8, 4) is 5.75 Å². The molecular weight excluding hydrogens is 204 g/mol. The molecule has 1 unspecified atom stereocenters. The molecule has 1 aliphatic rings. The van der Waals surface area contributed by atoms with E-state index in [9.17, 15) is 0 Å². The van der Waals surface area contributed by atoms with E-state index in [1.54, 1.807) is 6.20 Å². The van der Waals surface area contributed by atoms with Gasteiger partial charge in [-0.25, -0.2) is 0 Å². The minimum Gasteiger partial charge on any atom is -0.493 e. The van der Waals surface area contributed by atoms with Crippen LogP contribution >= 0.6 is 0 Å². The van der Waals surface area contributed by atoms with Crippen molar-refractivity contribution < 1.29 is 9.26 Å². The molecule has 1 atom stereocenters. The molecule has 1 aromatic carbocycles. The lowest BCUT2D eigenvalue weighted by Crippen LogP contribution is -2.15. The minimum absolute atomic E-state index is 0.637. The maximum absolute atomic E-state index is 5.76. The minimum atomic E-state index is 0.637. The molecule has 1 N–H and O–H groups in total. The van der Waals surface area contributed by atoms with Gasteiger partial charge in [0.05, 0.1) is 12.8 Å². The number of ether oxygens (including phenoxy) is 1. The molecule has 4 heteroatoms. The van der Waals surface area contributed by atoms with E-state index in [4.69, 9.17) is 9.26 Å². The Hall–Kier alpha value is -1.55. The average Bonchev–Trinajstić information content (AvgIpc) is 2.97. The summed E-state index contributed by atoms with van der Waals surface area (Å²) in [6, 6.07) is 5.79. The number of aromatic nitrogens is 1. The van der Waals surface area contributed by atoms with Crippen LogP contribution < -0.4 is 10.1 Å². The molecule has 0 radical (unpaired) electrons. The van der Waals surface area contributed by atoms with E-state index in [0.717, 1.165) is 36.4 Å². The standard InChI is InChI=1S/C12H14N2O2/c1-2-12-10(7-14-16-12)5-11(1)15-8-9-3-4-13-6-9/h1-2,5,7,9,13H,3-4,6,8H2. The Balaban J connectivity index is 1.68. The van der Waals surface area contributed by atoms with Crippen molar-refractivity contribution in [1.82, 2.24) is 10.5 Å².